The van der Waals surface area contributed by atoms with Gasteiger partial charge in [0.15, 0.2) is 0 Å². The highest BCUT2D eigenvalue weighted by Gasteiger charge is 1.93. The van der Waals surface area contributed by atoms with Crippen LogP contribution in [-0.4, -0.2) is 10.2 Å². The number of aromatic hydroxyl groups is 2. The van der Waals surface area contributed by atoms with Crippen molar-refractivity contribution in [3.05, 3.63) is 108 Å². The molecule has 0 radical (unpaired) electrons. The summed E-state index contributed by atoms with van der Waals surface area (Å²) in [5, 5.41) is 17.8. The molecule has 2 nitrogen and oxygen atoms in total. The quantitative estimate of drug-likeness (QED) is 0.580. The zero-order chi connectivity index (χ0) is 18.5. The van der Waals surface area contributed by atoms with Gasteiger partial charge in [0, 0.05) is 0 Å². The molecule has 0 fully saturated rings. The summed E-state index contributed by atoms with van der Waals surface area (Å²) in [6.07, 6.45) is 2.50. The summed E-state index contributed by atoms with van der Waals surface area (Å²) in [7, 11) is 0. The Balaban J connectivity index is 0.000000191. The molecule has 0 spiro atoms. The summed E-state index contributed by atoms with van der Waals surface area (Å²) >= 11 is 0. The highest BCUT2D eigenvalue weighted by molar-refractivity contribution is 5.32. The zero-order valence-electron chi connectivity index (χ0n) is 14.9. The fraction of sp³-hybridized carbons (Fsp3) is 0.130. The Kier molecular flexibility index (Phi) is 9.24. The predicted octanol–water partition coefficient (Wildman–Crippen LogP) is 5.82. The molecule has 0 aromatic heterocycles. The molecule has 0 amide bonds. The fourth-order valence-electron chi connectivity index (χ4n) is 2.07. The van der Waals surface area contributed by atoms with E-state index in [0.717, 1.165) is 12.0 Å². The van der Waals surface area contributed by atoms with Gasteiger partial charge in [-0.1, -0.05) is 77.9 Å². The van der Waals surface area contributed by atoms with E-state index < -0.39 is 0 Å². The van der Waals surface area contributed by atoms with Gasteiger partial charge in [0.2, 0.25) is 0 Å². The summed E-state index contributed by atoms with van der Waals surface area (Å²) in [6, 6.07) is 24.4. The second-order valence-corrected chi connectivity index (χ2v) is 5.62. The number of phenolic OH excluding ortho intramolecular Hbond substituents is 2. The lowest BCUT2D eigenvalue weighted by molar-refractivity contribution is 0.469. The van der Waals surface area contributed by atoms with Gasteiger partial charge in [0.1, 0.15) is 11.5 Å². The summed E-state index contributed by atoms with van der Waals surface area (Å²) in [4.78, 5) is 0. The molecule has 0 saturated carbocycles. The van der Waals surface area contributed by atoms with E-state index >= 15 is 0 Å². The molecule has 0 aliphatic carbocycles. The highest BCUT2D eigenvalue weighted by Crippen LogP contribution is 2.15. The first-order valence-corrected chi connectivity index (χ1v) is 8.18. The van der Waals surface area contributed by atoms with Crippen molar-refractivity contribution in [3.63, 3.8) is 0 Å². The predicted molar refractivity (Wildman–Crippen MR) is 106 cm³/mol. The molecule has 3 aromatic rings. The molecule has 3 rings (SSSR count). The van der Waals surface area contributed by atoms with E-state index in [2.05, 4.69) is 44.7 Å². The lowest BCUT2D eigenvalue weighted by Gasteiger charge is -1.97. The molecular formula is C23H26O2. The van der Waals surface area contributed by atoms with Gasteiger partial charge in [-0.05, 0) is 44.0 Å². The molecular weight excluding hydrogens is 308 g/mol. The molecule has 0 saturated heterocycles. The number of benzene rings is 3. The normalized spacial score (nSPS) is 9.04. The van der Waals surface area contributed by atoms with Gasteiger partial charge in [-0.2, -0.15) is 0 Å². The van der Waals surface area contributed by atoms with Gasteiger partial charge in [0.05, 0.1) is 0 Å². The van der Waals surface area contributed by atoms with Gasteiger partial charge in [-0.15, -0.1) is 6.58 Å². The lowest BCUT2D eigenvalue weighted by atomic mass is 10.1. The summed E-state index contributed by atoms with van der Waals surface area (Å²) in [5.74, 6) is 0.671. The van der Waals surface area contributed by atoms with Gasteiger partial charge >= 0.3 is 0 Å². The van der Waals surface area contributed by atoms with Crippen LogP contribution in [0.25, 0.3) is 0 Å². The highest BCUT2D eigenvalue weighted by atomic mass is 16.3. The topological polar surface area (TPSA) is 40.5 Å². The van der Waals surface area contributed by atoms with E-state index in [0.29, 0.717) is 11.5 Å². The first-order chi connectivity index (χ1) is 12.0. The van der Waals surface area contributed by atoms with Crippen LogP contribution in [0.5, 0.6) is 11.5 Å². The van der Waals surface area contributed by atoms with Gasteiger partial charge in [-0.3, -0.25) is 0 Å². The van der Waals surface area contributed by atoms with Crippen LogP contribution < -0.4 is 0 Å². The van der Waals surface area contributed by atoms with Gasteiger partial charge in [0.25, 0.3) is 0 Å². The van der Waals surface area contributed by atoms with Crippen LogP contribution in [0.1, 0.15) is 16.7 Å². The Morgan fingerprint density at radius 2 is 1.32 bits per heavy atom. The third-order valence-electron chi connectivity index (χ3n) is 3.29. The van der Waals surface area contributed by atoms with Gasteiger partial charge in [-0.25, -0.2) is 0 Å². The molecule has 0 bridgehead atoms. The number of aryl methyl sites for hydroxylation is 2. The van der Waals surface area contributed by atoms with E-state index in [1.807, 2.05) is 24.3 Å². The Morgan fingerprint density at radius 3 is 1.72 bits per heavy atom. The first kappa shape index (κ1) is 20.0. The molecule has 25 heavy (non-hydrogen) atoms. The van der Waals surface area contributed by atoms with Crippen molar-refractivity contribution in [1.82, 2.24) is 0 Å². The van der Waals surface area contributed by atoms with Crippen molar-refractivity contribution < 1.29 is 10.2 Å². The maximum absolute atomic E-state index is 9.19. The zero-order valence-corrected chi connectivity index (χ0v) is 14.9. The summed E-state index contributed by atoms with van der Waals surface area (Å²) < 4.78 is 0. The second-order valence-electron chi connectivity index (χ2n) is 5.62. The van der Waals surface area contributed by atoms with Crippen molar-refractivity contribution in [2.75, 3.05) is 0 Å². The van der Waals surface area contributed by atoms with Crippen molar-refractivity contribution in [2.24, 2.45) is 0 Å². The average molecular weight is 334 g/mol. The maximum Gasteiger partial charge on any atom is 0.119 e. The Labute approximate surface area is 150 Å². The van der Waals surface area contributed by atoms with Crippen molar-refractivity contribution in [2.45, 2.75) is 20.3 Å². The van der Waals surface area contributed by atoms with Crippen molar-refractivity contribution in [1.29, 1.82) is 0 Å². The lowest BCUT2D eigenvalue weighted by Crippen LogP contribution is -1.79. The Hall–Kier alpha value is -3.00. The smallest absolute Gasteiger partial charge is 0.119 e. The second kappa shape index (κ2) is 11.5. The van der Waals surface area contributed by atoms with Crippen LogP contribution in [0.4, 0.5) is 0 Å². The number of para-hydroxylation sites is 2. The van der Waals surface area contributed by atoms with Crippen LogP contribution in [0.15, 0.2) is 91.5 Å². The molecule has 0 aliphatic heterocycles. The summed E-state index contributed by atoms with van der Waals surface area (Å²) in [5.41, 5.74) is 3.60. The standard InChI is InChI=1S/C9H10O.C8H10.C6H6O/c1-2-5-8-6-3-4-7-9(8)10;1-7-4-3-5-8(2)6-7;7-6-4-2-1-3-5-6/h2-4,6-7,10H,1,5H2;3-6H,1-2H3;1-5,7H. The van der Waals surface area contributed by atoms with E-state index in [4.69, 9.17) is 5.11 Å². The SMILES string of the molecule is C=CCc1ccccc1O.Cc1cccc(C)c1.Oc1ccccc1. The first-order valence-electron chi connectivity index (χ1n) is 8.18. The molecule has 0 unspecified atom stereocenters. The summed E-state index contributed by atoms with van der Waals surface area (Å²) in [6.45, 7) is 7.79. The third-order valence-corrected chi connectivity index (χ3v) is 3.29. The largest absolute Gasteiger partial charge is 0.508 e. The van der Waals surface area contributed by atoms with Crippen LogP contribution in [0.2, 0.25) is 0 Å². The van der Waals surface area contributed by atoms with Crippen LogP contribution in [0.3, 0.4) is 0 Å². The minimum absolute atomic E-state index is 0.322. The third kappa shape index (κ3) is 9.01. The van der Waals surface area contributed by atoms with Gasteiger partial charge < -0.3 is 10.2 Å². The minimum Gasteiger partial charge on any atom is -0.508 e. The number of phenols is 2. The molecule has 0 atom stereocenters. The monoisotopic (exact) mass is 334 g/mol. The number of hydrogen-bond donors (Lipinski definition) is 2. The van der Waals surface area contributed by atoms with Crippen LogP contribution in [-0.2, 0) is 6.42 Å². The van der Waals surface area contributed by atoms with E-state index in [1.54, 1.807) is 36.4 Å². The molecule has 0 aliphatic rings. The number of allylic oxidation sites excluding steroid dienone is 1. The maximum atomic E-state index is 9.19. The Morgan fingerprint density at radius 1 is 0.760 bits per heavy atom. The average Bonchev–Trinajstić information content (AvgIpc) is 2.59. The molecule has 2 N–H and O–H groups in total. The number of hydrogen-bond acceptors (Lipinski definition) is 2. The molecule has 2 heteroatoms. The van der Waals surface area contributed by atoms with E-state index in [1.165, 1.54) is 11.1 Å². The van der Waals surface area contributed by atoms with Crippen LogP contribution in [0, 0.1) is 13.8 Å². The molecule has 130 valence electrons. The molecule has 0 heterocycles. The van der Waals surface area contributed by atoms with E-state index in [9.17, 15) is 5.11 Å². The van der Waals surface area contributed by atoms with Crippen molar-refractivity contribution in [3.8, 4) is 11.5 Å². The fourth-order valence-corrected chi connectivity index (χ4v) is 2.07. The van der Waals surface area contributed by atoms with Crippen LogP contribution >= 0.6 is 0 Å². The Bertz CT molecular complexity index is 732. The van der Waals surface area contributed by atoms with E-state index in [-0.39, 0.29) is 0 Å². The minimum atomic E-state index is 0.322. The van der Waals surface area contributed by atoms with Crippen molar-refractivity contribution >= 4 is 0 Å². The molecule has 3 aromatic carbocycles. The number of rotatable bonds is 2.